The normalized spacial score (nSPS) is 36.1. The third-order valence-corrected chi connectivity index (χ3v) is 37.3. The zero-order chi connectivity index (χ0) is 109. The fourth-order valence-electron chi connectivity index (χ4n) is 24.9. The highest BCUT2D eigenvalue weighted by Crippen LogP contribution is 2.62. The lowest BCUT2D eigenvalue weighted by atomic mass is 9.52. The van der Waals surface area contributed by atoms with Crippen LogP contribution >= 0.6 is 0 Å². The summed E-state index contributed by atoms with van der Waals surface area (Å²) in [6.07, 6.45) is 17.9. The molecular weight excluding hydrogens is 1970 g/mol. The first-order valence-electron chi connectivity index (χ1n) is 52.5. The monoisotopic (exact) mass is 2130 g/mol. The van der Waals surface area contributed by atoms with Crippen LogP contribution in [0.1, 0.15) is 311 Å². The Morgan fingerprint density at radius 2 is 0.689 bits per heavy atom. The van der Waals surface area contributed by atoms with Crippen LogP contribution in [0.4, 0.5) is 0 Å². The van der Waals surface area contributed by atoms with E-state index < -0.39 is 199 Å². The van der Waals surface area contributed by atoms with Crippen molar-refractivity contribution in [3.63, 3.8) is 0 Å². The maximum absolute atomic E-state index is 12.4. The lowest BCUT2D eigenvalue weighted by molar-refractivity contribution is -0.225. The average Bonchev–Trinajstić information content (AvgIpc) is 1.58. The largest absolute Gasteiger partial charge is 0.459 e. The number of esters is 14. The Hall–Kier alpha value is -8.84. The minimum absolute atomic E-state index is 0.0130. The molecule has 39 nitrogen and oxygen atoms in total. The Balaban J connectivity index is 0.000000142. The molecule has 0 aromatic rings. The first-order chi connectivity index (χ1) is 68.8. The van der Waals surface area contributed by atoms with Gasteiger partial charge in [-0.1, -0.05) is 54.0 Å². The minimum Gasteiger partial charge on any atom is -0.459 e. The van der Waals surface area contributed by atoms with Crippen molar-refractivity contribution in [1.29, 1.82) is 0 Å². The third kappa shape index (κ3) is 26.3. The molecule has 0 amide bonds. The Bertz CT molecular complexity index is 5310. The summed E-state index contributed by atoms with van der Waals surface area (Å²) in [5, 5.41) is 20.0. The number of carbonyl (C=O) groups is 14. The zero-order valence-electron chi connectivity index (χ0n) is 88.8. The van der Waals surface area contributed by atoms with Crippen LogP contribution in [0.25, 0.3) is 0 Å². The molecule has 12 saturated carbocycles. The Labute approximate surface area is 866 Å². The Morgan fingerprint density at radius 1 is 0.365 bits per heavy atom. The number of aliphatic hydroxyl groups is 2. The molecule has 12 aliphatic carbocycles. The van der Waals surface area contributed by atoms with Gasteiger partial charge in [-0.3, -0.25) is 37.1 Å². The van der Waals surface area contributed by atoms with Crippen molar-refractivity contribution in [2.24, 2.45) is 69.0 Å². The summed E-state index contributed by atoms with van der Waals surface area (Å²) < 4.78 is 147. The molecule has 10 heterocycles. The van der Waals surface area contributed by atoms with Crippen LogP contribution in [0.3, 0.4) is 0 Å². The van der Waals surface area contributed by atoms with Crippen molar-refractivity contribution >= 4 is 104 Å². The highest BCUT2D eigenvalue weighted by atomic mass is 32.2. The standard InChI is InChI=1S/C16H26O3.C15H22O7S.C15H20O7.C14H20O3.C13H14O7.C12H14O8S.C12H22O2.C10H16O2/c1-4-14(2,3)13(17)19-16-8-11-5-12(9-16)7-15(18,6-11)10-16;1-4-15(2,3)14(17)20-7-11(16)21-12-8-5-9-10(6-8)23(18,19)22-13(9)12;1-4-15(2,3)14(18)19-6-9(16)21-11-8-5-7-10(20-8)12(11)22-13(7)17;1-9(2)12(15)17-14-6-10-3-11(7-14)5-13(16,4-10)8-14;1-5(2)12(15)17-4-8(14)19-10-7-3-6-9(18-7)11(10)20-13(6)16;1-5(2)12(14)17-4-8(13)19-9-6-3-7-10(18-6)11(9)20-21(7,15)16;1-5-11(2,3)10(13)14-12(4)8-6-7-9-12;1-8(2)9(11)12-10(3)6-4-5-7-10/h11-12,18H,4-10H2,1-3H3;8-10,12-13H,4-7H2,1-3H3;7-8,10-12H,4-6H2,1-3H3;10-11,16H,1,3-8H2,2H3;6-7,9-11H,1,3-4H2,2H3;6-7,9-11H,1,3-4H2,2H3;5-9H2,1-4H3;1,4-7H2,2-3H3. The maximum Gasteiger partial charge on any atom is 0.344 e. The molecule has 24 unspecified atom stereocenters. The maximum atomic E-state index is 12.4. The van der Waals surface area contributed by atoms with Gasteiger partial charge in [-0.15, -0.1) is 0 Å². The lowest BCUT2D eigenvalue weighted by Crippen LogP contribution is -2.61. The number of fused-ring (bicyclic) bond motifs is 4. The second-order valence-electron chi connectivity index (χ2n) is 48.0. The van der Waals surface area contributed by atoms with Crippen molar-refractivity contribution in [1.82, 2.24) is 0 Å². The third-order valence-electron chi connectivity index (χ3n) is 33.8. The SMILES string of the molecule is C=C(C)C(=O)OC1(C)CCCC1.C=C(C)C(=O)OC12CC3CC(CC(O)(C3)C1)C2.C=C(C)C(=O)OCC(=O)OC1C2CC3C(=O)OC1C3O2.C=C(C)C(=O)OCC(=O)OC1C2CC3C(O2)C1OS3(=O)=O.CCC(C)(C)C(=O)OC1(C)CCCC1.CCC(C)(C)C(=O)OC12CC3CC(CC(O)(C3)C1)C2.CCC(C)(C)C(=O)OCC(=O)OC1C2CC3C(=O)OC1C3O2.CCC(C)(C)C(=O)OCC(=O)OC1C2CC3C1OS(=O)(=O)C3C2. The van der Waals surface area contributed by atoms with Crippen LogP contribution in [-0.4, -0.2) is 267 Å². The lowest BCUT2D eigenvalue weighted by Gasteiger charge is -2.59. The fraction of sp³-hybridized carbons (Fsp3) is 0.794. The van der Waals surface area contributed by atoms with E-state index in [0.717, 1.165) is 89.9 Å². The van der Waals surface area contributed by atoms with E-state index in [-0.39, 0.29) is 124 Å². The number of hydrogen-bond acceptors (Lipinski definition) is 39. The van der Waals surface area contributed by atoms with Crippen LogP contribution in [0.2, 0.25) is 0 Å². The van der Waals surface area contributed by atoms with Gasteiger partial charge in [0.05, 0.1) is 68.3 Å². The van der Waals surface area contributed by atoms with Crippen molar-refractivity contribution < 1.29 is 183 Å². The quantitative estimate of drug-likeness (QED) is 0.0318. The van der Waals surface area contributed by atoms with E-state index in [4.69, 9.17) is 84.2 Å². The van der Waals surface area contributed by atoms with Gasteiger partial charge in [-0.05, 0) is 294 Å². The number of carbonyl (C=O) groups excluding carboxylic acids is 14. The minimum atomic E-state index is -3.65. The molecule has 24 atom stereocenters. The van der Waals surface area contributed by atoms with Gasteiger partial charge < -0.3 is 90.7 Å². The molecule has 0 aromatic carbocycles. The summed E-state index contributed by atoms with van der Waals surface area (Å²) in [6, 6.07) is 0. The van der Waals surface area contributed by atoms with E-state index in [9.17, 15) is 94.2 Å². The predicted octanol–water partition coefficient (Wildman–Crippen LogP) is 11.6. The topological polar surface area (TPSA) is 523 Å². The van der Waals surface area contributed by atoms with E-state index in [2.05, 4.69) is 38.0 Å². The van der Waals surface area contributed by atoms with Crippen LogP contribution in [0.15, 0.2) is 48.6 Å². The first kappa shape index (κ1) is 116. The summed E-state index contributed by atoms with van der Waals surface area (Å²) in [5.41, 5.74) is -2.98. The van der Waals surface area contributed by atoms with Crippen molar-refractivity contribution in [2.45, 2.75) is 440 Å². The van der Waals surface area contributed by atoms with Crippen LogP contribution < -0.4 is 0 Å². The van der Waals surface area contributed by atoms with Crippen molar-refractivity contribution in [2.75, 3.05) is 26.4 Å². The second-order valence-corrected chi connectivity index (χ2v) is 51.6. The number of hydrogen-bond donors (Lipinski definition) is 2. The van der Waals surface area contributed by atoms with Crippen LogP contribution in [-0.2, 0) is 176 Å². The van der Waals surface area contributed by atoms with E-state index in [1.165, 1.54) is 52.4 Å². The van der Waals surface area contributed by atoms with Crippen molar-refractivity contribution in [3.8, 4) is 0 Å². The van der Waals surface area contributed by atoms with E-state index in [0.29, 0.717) is 86.2 Å². The van der Waals surface area contributed by atoms with Crippen LogP contribution in [0.5, 0.6) is 0 Å². The molecule has 828 valence electrons. The second kappa shape index (κ2) is 44.7. The molecule has 41 heteroatoms. The molecule has 10 aliphatic heterocycles. The fourth-order valence-corrected chi connectivity index (χ4v) is 28.4. The molecule has 0 aromatic heterocycles. The van der Waals surface area contributed by atoms with Gasteiger partial charge in [0.15, 0.2) is 56.9 Å². The summed E-state index contributed by atoms with van der Waals surface area (Å²) in [4.78, 5) is 163. The highest BCUT2D eigenvalue weighted by molar-refractivity contribution is 7.88. The number of rotatable bonds is 28. The van der Waals surface area contributed by atoms with E-state index in [1.807, 2.05) is 62.3 Å². The molecular formula is C107H154O39S2. The summed E-state index contributed by atoms with van der Waals surface area (Å²) in [7, 11) is -7.18. The van der Waals surface area contributed by atoms with Gasteiger partial charge in [-0.25, -0.2) is 38.4 Å². The van der Waals surface area contributed by atoms with Gasteiger partial charge in [0.2, 0.25) is 0 Å². The molecule has 22 fully saturated rings. The molecule has 148 heavy (non-hydrogen) atoms. The number of ether oxygens (including phenoxy) is 17. The molecule has 2 N–H and O–H groups in total. The molecule has 22 aliphatic rings. The van der Waals surface area contributed by atoms with E-state index in [1.54, 1.807) is 41.5 Å². The molecule has 0 radical (unpaired) electrons. The summed E-state index contributed by atoms with van der Waals surface area (Å²) >= 11 is 0. The smallest absolute Gasteiger partial charge is 0.344 e. The summed E-state index contributed by atoms with van der Waals surface area (Å²) in [6.45, 7) is 44.9. The first-order valence-corrected chi connectivity index (χ1v) is 55.5. The van der Waals surface area contributed by atoms with E-state index >= 15 is 0 Å². The summed E-state index contributed by atoms with van der Waals surface area (Å²) in [5.74, 6) is -4.61. The van der Waals surface area contributed by atoms with Gasteiger partial charge in [0.1, 0.15) is 64.3 Å². The Morgan fingerprint density at radius 3 is 1.07 bits per heavy atom. The van der Waals surface area contributed by atoms with Gasteiger partial charge >= 0.3 is 83.6 Å². The van der Waals surface area contributed by atoms with Crippen LogP contribution in [0, 0.1) is 69.0 Å². The van der Waals surface area contributed by atoms with Gasteiger partial charge in [-0.2, -0.15) is 16.8 Å². The molecule has 22 rings (SSSR count). The Kier molecular flexibility index (Phi) is 35.1. The zero-order valence-corrected chi connectivity index (χ0v) is 90.5. The molecule has 0 spiro atoms. The highest BCUT2D eigenvalue weighted by Gasteiger charge is 2.71. The van der Waals surface area contributed by atoms with Gasteiger partial charge in [0, 0.05) is 47.0 Å². The molecule has 16 bridgehead atoms. The van der Waals surface area contributed by atoms with Gasteiger partial charge in [0.25, 0.3) is 20.2 Å². The average molecular weight is 2130 g/mol. The molecule has 10 saturated heterocycles. The van der Waals surface area contributed by atoms with Crippen molar-refractivity contribution in [3.05, 3.63) is 48.6 Å². The predicted molar refractivity (Wildman–Crippen MR) is 520 cm³/mol.